The second-order valence-corrected chi connectivity index (χ2v) is 17.8. The minimum Gasteiger partial charge on any atom is -0.593 e. The molecule has 0 aromatic rings. The average Bonchev–Trinajstić information content (AvgIpc) is 3.16. The van der Waals surface area contributed by atoms with E-state index < -0.39 is 30.6 Å². The third kappa shape index (κ3) is 26.2. The van der Waals surface area contributed by atoms with Gasteiger partial charge in [0.25, 0.3) is 0 Å². The normalized spacial score (nSPS) is 14.2. The molecule has 0 amide bonds. The van der Waals surface area contributed by atoms with Crippen LogP contribution in [0.3, 0.4) is 0 Å². The molecule has 0 radical (unpaired) electrons. The van der Waals surface area contributed by atoms with Gasteiger partial charge < -0.3 is 15.7 Å². The number of ketones is 2. The first-order chi connectivity index (χ1) is 26.2. The summed E-state index contributed by atoms with van der Waals surface area (Å²) in [7, 11) is -3.73. The van der Waals surface area contributed by atoms with E-state index in [0.717, 1.165) is 57.8 Å². The summed E-state index contributed by atoms with van der Waals surface area (Å²) in [6.07, 6.45) is 41.4. The predicted octanol–water partition coefficient (Wildman–Crippen LogP) is 13.0. The van der Waals surface area contributed by atoms with Crippen molar-refractivity contribution in [1.82, 2.24) is 5.32 Å². The molecule has 0 rings (SSSR count). The topological polar surface area (TPSA) is 133 Å². The third-order valence-electron chi connectivity index (χ3n) is 11.6. The molecule has 320 valence electrons. The lowest BCUT2D eigenvalue weighted by molar-refractivity contribution is -0.189. The fourth-order valence-corrected chi connectivity index (χ4v) is 8.57. The molecular formula is C46H91N2O5P. The van der Waals surface area contributed by atoms with Crippen LogP contribution in [0.25, 0.3) is 0 Å². The molecule has 3 unspecified atom stereocenters. The number of rotatable bonds is 44. The van der Waals surface area contributed by atoms with Crippen molar-refractivity contribution in [3.05, 3.63) is 0 Å². The van der Waals surface area contributed by atoms with Crippen LogP contribution in [-0.4, -0.2) is 34.2 Å². The molecule has 0 spiro atoms. The van der Waals surface area contributed by atoms with E-state index in [1.807, 2.05) is 0 Å². The lowest BCUT2D eigenvalue weighted by Crippen LogP contribution is -2.75. The van der Waals surface area contributed by atoms with Crippen molar-refractivity contribution in [2.75, 3.05) is 6.54 Å². The molecule has 3 atom stereocenters. The number of unbranched alkanes of at least 4 members (excludes halogenated alkanes) is 33. The molecule has 54 heavy (non-hydrogen) atoms. The average molecular weight is 783 g/mol. The monoisotopic (exact) mass is 783 g/mol. The van der Waals surface area contributed by atoms with Crippen molar-refractivity contribution in [3.8, 4) is 0 Å². The lowest BCUT2D eigenvalue weighted by atomic mass is 9.88. The third-order valence-corrected chi connectivity index (χ3v) is 12.7. The van der Waals surface area contributed by atoms with Gasteiger partial charge in [0.15, 0.2) is 5.78 Å². The first-order valence-electron chi connectivity index (χ1n) is 23.7. The number of nitrogens with one attached hydrogen (secondary N) is 1. The van der Waals surface area contributed by atoms with E-state index in [0.29, 0.717) is 19.3 Å². The molecule has 0 aliphatic heterocycles. The molecule has 0 saturated heterocycles. The number of carbonyl (C=O) groups excluding carboxylic acids is 2. The fourth-order valence-electron chi connectivity index (χ4n) is 7.76. The van der Waals surface area contributed by atoms with Gasteiger partial charge in [-0.25, -0.2) is 0 Å². The molecule has 0 aliphatic rings. The van der Waals surface area contributed by atoms with E-state index >= 15 is 0 Å². The van der Waals surface area contributed by atoms with Crippen molar-refractivity contribution in [3.63, 3.8) is 0 Å². The van der Waals surface area contributed by atoms with Crippen LogP contribution >= 0.6 is 8.03 Å². The van der Waals surface area contributed by atoms with Crippen molar-refractivity contribution < 1.29 is 24.2 Å². The van der Waals surface area contributed by atoms with Crippen LogP contribution in [0, 0.1) is 0 Å². The van der Waals surface area contributed by atoms with Crippen molar-refractivity contribution in [2.24, 2.45) is 5.73 Å². The summed E-state index contributed by atoms with van der Waals surface area (Å²) in [4.78, 5) is 40.0. The molecule has 4 N–H and O–H groups in total. The number of nitrogens with two attached hydrogens (primary N) is 1. The van der Waals surface area contributed by atoms with E-state index in [1.165, 1.54) is 154 Å². The van der Waals surface area contributed by atoms with Crippen LogP contribution in [-0.2, 0) is 14.2 Å². The Morgan fingerprint density at radius 3 is 0.981 bits per heavy atom. The Morgan fingerprint density at radius 1 is 0.463 bits per heavy atom. The van der Waals surface area contributed by atoms with Crippen LogP contribution in [0.15, 0.2) is 0 Å². The summed E-state index contributed by atoms with van der Waals surface area (Å²) in [5.74, 6) is -1.45. The van der Waals surface area contributed by atoms with Crippen LogP contribution < -0.4 is 15.9 Å². The summed E-state index contributed by atoms with van der Waals surface area (Å²) in [5.41, 5.74) is 4.26. The van der Waals surface area contributed by atoms with E-state index in [4.69, 9.17) is 5.73 Å². The number of aliphatic hydroxyl groups is 1. The molecule has 0 aromatic carbocycles. The molecule has 0 aromatic heterocycles. The van der Waals surface area contributed by atoms with Gasteiger partial charge in [-0.1, -0.05) is 237 Å². The second kappa shape index (κ2) is 37.8. The first kappa shape index (κ1) is 53.3. The van der Waals surface area contributed by atoms with Gasteiger partial charge in [0.1, 0.15) is 0 Å². The maximum absolute atomic E-state index is 13.8. The van der Waals surface area contributed by atoms with Gasteiger partial charge in [0, 0.05) is 12.8 Å². The zero-order valence-electron chi connectivity index (χ0n) is 36.2. The highest BCUT2D eigenvalue weighted by Gasteiger charge is 2.66. The molecular weight excluding hydrogens is 691 g/mol. The van der Waals surface area contributed by atoms with Crippen LogP contribution in [0.1, 0.15) is 265 Å². The summed E-state index contributed by atoms with van der Waals surface area (Å²) >= 11 is 0. The van der Waals surface area contributed by atoms with E-state index in [9.17, 15) is 24.2 Å². The molecule has 0 bridgehead atoms. The maximum Gasteiger partial charge on any atom is 0.357 e. The number of carbonyl (C=O) groups is 2. The highest BCUT2D eigenvalue weighted by molar-refractivity contribution is 7.40. The second-order valence-electron chi connectivity index (χ2n) is 16.7. The minimum absolute atomic E-state index is 0.0385. The van der Waals surface area contributed by atoms with Gasteiger partial charge in [0.2, 0.25) is 11.4 Å². The molecule has 0 fully saturated rings. The molecule has 0 aliphatic carbocycles. The highest BCUT2D eigenvalue weighted by Crippen LogP contribution is 2.40. The molecule has 0 heterocycles. The number of hydrogen-bond donors (Lipinski definition) is 3. The van der Waals surface area contributed by atoms with Gasteiger partial charge in [-0.15, -0.1) is 0 Å². The minimum atomic E-state index is -3.73. The number of hydrogen-bond acceptors (Lipinski definition) is 7. The lowest BCUT2D eigenvalue weighted by Gasteiger charge is -2.37. The zero-order chi connectivity index (χ0) is 40.0. The number of Topliss-reactive ketones (excluding diaryl/α,β-unsaturated/α-hetero) is 2. The van der Waals surface area contributed by atoms with Crippen molar-refractivity contribution >= 4 is 19.6 Å². The summed E-state index contributed by atoms with van der Waals surface area (Å²) in [6.45, 7) is 6.99. The zero-order valence-corrected chi connectivity index (χ0v) is 37.1. The summed E-state index contributed by atoms with van der Waals surface area (Å²) < 4.78 is 12.7. The quantitative estimate of drug-likeness (QED) is 0.0318. The maximum atomic E-state index is 13.8. The van der Waals surface area contributed by atoms with Gasteiger partial charge in [-0.3, -0.25) is 14.9 Å². The molecule has 8 heteroatoms. The fraction of sp³-hybridized carbons (Fsp3) is 0.957. The van der Waals surface area contributed by atoms with Gasteiger partial charge in [-0.2, -0.15) is 0 Å². The Bertz CT molecular complexity index is 889. The Hall–Kier alpha value is -0.720. The van der Waals surface area contributed by atoms with Crippen LogP contribution in [0.4, 0.5) is 0 Å². The first-order valence-corrected chi connectivity index (χ1v) is 24.9. The van der Waals surface area contributed by atoms with Crippen LogP contribution in [0.5, 0.6) is 0 Å². The Kier molecular flexibility index (Phi) is 37.3. The van der Waals surface area contributed by atoms with Crippen molar-refractivity contribution in [1.29, 1.82) is 0 Å². The standard InChI is InChI=1S/C46H91N2O5P/c1-4-7-10-13-16-19-22-24-26-28-31-34-37-40-43(49)45(47,48-42-39-36-33-30-21-18-15-12-9-6-3)46(51,54(52)53)44(50)41-38-35-32-29-27-25-23-20-17-14-11-8-5-2/h48,51H,4-42,47H2,1-3H3. The van der Waals surface area contributed by atoms with Gasteiger partial charge in [0.05, 0.1) is 0 Å². The van der Waals surface area contributed by atoms with Gasteiger partial charge in [-0.05, 0) is 25.8 Å². The summed E-state index contributed by atoms with van der Waals surface area (Å²) in [6, 6.07) is 0. The summed E-state index contributed by atoms with van der Waals surface area (Å²) in [5, 5.41) is 11.6. The largest absolute Gasteiger partial charge is 0.593 e. The SMILES string of the molecule is CCCCCCCCCCCCCCCC(=O)C(N)(NCCCCCCCCCCCC)C(O)(C(=O)CCCCCCCCCCCCCCC)[P+](=O)[O-]. The highest BCUT2D eigenvalue weighted by atomic mass is 31.1. The Balaban J connectivity index is 4.94. The molecule has 7 nitrogen and oxygen atoms in total. The van der Waals surface area contributed by atoms with E-state index in [-0.39, 0.29) is 19.4 Å². The van der Waals surface area contributed by atoms with Crippen molar-refractivity contribution in [2.45, 2.75) is 276 Å². The smallest absolute Gasteiger partial charge is 0.357 e. The predicted molar refractivity (Wildman–Crippen MR) is 230 cm³/mol. The Labute approximate surface area is 336 Å². The van der Waals surface area contributed by atoms with E-state index in [2.05, 4.69) is 26.1 Å². The van der Waals surface area contributed by atoms with E-state index in [1.54, 1.807) is 0 Å². The Morgan fingerprint density at radius 2 is 0.704 bits per heavy atom. The van der Waals surface area contributed by atoms with Crippen LogP contribution in [0.2, 0.25) is 0 Å². The molecule has 0 saturated carbocycles. The van der Waals surface area contributed by atoms with Gasteiger partial charge >= 0.3 is 13.4 Å².